The third-order valence-corrected chi connectivity index (χ3v) is 2.79. The number of nitrogens with one attached hydrogen (secondary N) is 1. The summed E-state index contributed by atoms with van der Waals surface area (Å²) in [6.07, 6.45) is -1.21. The summed E-state index contributed by atoms with van der Waals surface area (Å²) in [6.45, 7) is -0.332. The van der Waals surface area contributed by atoms with Crippen LogP contribution in [0.5, 0.6) is 0 Å². The zero-order valence-electron chi connectivity index (χ0n) is 11.7. The van der Waals surface area contributed by atoms with Gasteiger partial charge in [-0.05, 0) is 0 Å². The van der Waals surface area contributed by atoms with E-state index in [-0.39, 0.29) is 18.3 Å². The SMILES string of the molecule is CN(C(=O)O)c1nc(NCC(=O)O)cc(-c2ccccc2)n1. The summed E-state index contributed by atoms with van der Waals surface area (Å²) in [6, 6.07) is 10.7. The number of amides is 1. The van der Waals surface area contributed by atoms with Gasteiger partial charge >= 0.3 is 12.1 Å². The first-order chi connectivity index (χ1) is 10.5. The van der Waals surface area contributed by atoms with Gasteiger partial charge in [-0.3, -0.25) is 4.79 Å². The predicted molar refractivity (Wildman–Crippen MR) is 80.0 cm³/mol. The molecule has 0 atom stereocenters. The number of benzene rings is 1. The Hall–Kier alpha value is -3.16. The minimum atomic E-state index is -1.21. The molecule has 1 aromatic carbocycles. The molecule has 2 rings (SSSR count). The summed E-state index contributed by atoms with van der Waals surface area (Å²) in [5, 5.41) is 20.4. The van der Waals surface area contributed by atoms with Gasteiger partial charge in [0.05, 0.1) is 5.69 Å². The maximum absolute atomic E-state index is 11.1. The molecule has 22 heavy (non-hydrogen) atoms. The van der Waals surface area contributed by atoms with Crippen molar-refractivity contribution >= 4 is 23.8 Å². The van der Waals surface area contributed by atoms with Gasteiger partial charge in [0.15, 0.2) is 0 Å². The molecule has 2 aromatic rings. The normalized spacial score (nSPS) is 10.0. The lowest BCUT2D eigenvalue weighted by Gasteiger charge is -2.14. The summed E-state index contributed by atoms with van der Waals surface area (Å²) in [4.78, 5) is 30.8. The van der Waals surface area contributed by atoms with Gasteiger partial charge in [0.2, 0.25) is 5.95 Å². The van der Waals surface area contributed by atoms with Crippen LogP contribution in [-0.2, 0) is 4.79 Å². The van der Waals surface area contributed by atoms with Crippen LogP contribution in [0.25, 0.3) is 11.3 Å². The van der Waals surface area contributed by atoms with Gasteiger partial charge < -0.3 is 15.5 Å². The topological polar surface area (TPSA) is 116 Å². The highest BCUT2D eigenvalue weighted by molar-refractivity contribution is 5.83. The maximum Gasteiger partial charge on any atom is 0.413 e. The van der Waals surface area contributed by atoms with E-state index in [1.807, 2.05) is 30.3 Å². The van der Waals surface area contributed by atoms with Crippen LogP contribution in [0.15, 0.2) is 36.4 Å². The van der Waals surface area contributed by atoms with Gasteiger partial charge in [-0.25, -0.2) is 14.7 Å². The summed E-state index contributed by atoms with van der Waals surface area (Å²) < 4.78 is 0. The fourth-order valence-corrected chi connectivity index (χ4v) is 1.68. The number of aromatic nitrogens is 2. The number of hydrogen-bond acceptors (Lipinski definition) is 5. The molecule has 1 heterocycles. The highest BCUT2D eigenvalue weighted by Gasteiger charge is 2.15. The van der Waals surface area contributed by atoms with Crippen LogP contribution in [-0.4, -0.2) is 45.8 Å². The Balaban J connectivity index is 2.44. The van der Waals surface area contributed by atoms with E-state index in [1.54, 1.807) is 6.07 Å². The van der Waals surface area contributed by atoms with Gasteiger partial charge in [-0.1, -0.05) is 30.3 Å². The van der Waals surface area contributed by atoms with E-state index >= 15 is 0 Å². The predicted octanol–water partition coefficient (Wildman–Crippen LogP) is 1.75. The molecule has 8 nitrogen and oxygen atoms in total. The van der Waals surface area contributed by atoms with Crippen molar-refractivity contribution in [1.82, 2.24) is 9.97 Å². The van der Waals surface area contributed by atoms with Crippen LogP contribution in [0, 0.1) is 0 Å². The number of hydrogen-bond donors (Lipinski definition) is 3. The van der Waals surface area contributed by atoms with Gasteiger partial charge in [-0.2, -0.15) is 4.98 Å². The molecule has 0 fully saturated rings. The largest absolute Gasteiger partial charge is 0.480 e. The molecule has 8 heteroatoms. The van der Waals surface area contributed by atoms with Crippen molar-refractivity contribution in [2.75, 3.05) is 23.8 Å². The van der Waals surface area contributed by atoms with Gasteiger partial charge in [0, 0.05) is 18.7 Å². The van der Waals surface area contributed by atoms with E-state index in [9.17, 15) is 9.59 Å². The number of anilines is 2. The van der Waals surface area contributed by atoms with Crippen molar-refractivity contribution in [3.05, 3.63) is 36.4 Å². The van der Waals surface area contributed by atoms with E-state index in [2.05, 4.69) is 15.3 Å². The Labute approximate surface area is 126 Å². The average molecular weight is 302 g/mol. The highest BCUT2D eigenvalue weighted by Crippen LogP contribution is 2.22. The smallest absolute Gasteiger partial charge is 0.413 e. The Kier molecular flexibility index (Phi) is 4.52. The number of rotatable bonds is 5. The fourth-order valence-electron chi connectivity index (χ4n) is 1.68. The highest BCUT2D eigenvalue weighted by atomic mass is 16.4. The lowest BCUT2D eigenvalue weighted by molar-refractivity contribution is -0.134. The van der Waals surface area contributed by atoms with Crippen LogP contribution in [0.3, 0.4) is 0 Å². The number of carboxylic acids is 1. The standard InChI is InChI=1S/C14H14N4O4/c1-18(14(21)22)13-16-10(9-5-3-2-4-6-9)7-11(17-13)15-8-12(19)20/h2-7H,8H2,1H3,(H,19,20)(H,21,22)(H,15,16,17). The Morgan fingerprint density at radius 2 is 1.86 bits per heavy atom. The minimum absolute atomic E-state index is 0.0401. The molecule has 0 bridgehead atoms. The fraction of sp³-hybridized carbons (Fsp3) is 0.143. The van der Waals surface area contributed by atoms with Crippen LogP contribution in [0.2, 0.25) is 0 Å². The third kappa shape index (κ3) is 3.69. The van der Waals surface area contributed by atoms with Crippen molar-refractivity contribution in [3.63, 3.8) is 0 Å². The molecule has 0 aliphatic heterocycles. The van der Waals surface area contributed by atoms with Crippen molar-refractivity contribution in [2.24, 2.45) is 0 Å². The van der Waals surface area contributed by atoms with Crippen molar-refractivity contribution in [2.45, 2.75) is 0 Å². The maximum atomic E-state index is 11.1. The second kappa shape index (κ2) is 6.53. The third-order valence-electron chi connectivity index (χ3n) is 2.79. The molecule has 0 unspecified atom stereocenters. The first-order valence-corrected chi connectivity index (χ1v) is 6.34. The summed E-state index contributed by atoms with van der Waals surface area (Å²) in [5.41, 5.74) is 1.26. The lowest BCUT2D eigenvalue weighted by Crippen LogP contribution is -2.26. The zero-order chi connectivity index (χ0) is 16.1. The molecule has 0 saturated heterocycles. The van der Waals surface area contributed by atoms with E-state index in [1.165, 1.54) is 7.05 Å². The second-order valence-corrected chi connectivity index (χ2v) is 4.39. The summed E-state index contributed by atoms with van der Waals surface area (Å²) >= 11 is 0. The zero-order valence-corrected chi connectivity index (χ0v) is 11.7. The molecule has 1 aromatic heterocycles. The molecule has 0 aliphatic rings. The average Bonchev–Trinajstić information content (AvgIpc) is 2.52. The van der Waals surface area contributed by atoms with Crippen LogP contribution in [0.4, 0.5) is 16.6 Å². The van der Waals surface area contributed by atoms with Crippen LogP contribution in [0.1, 0.15) is 0 Å². The second-order valence-electron chi connectivity index (χ2n) is 4.39. The van der Waals surface area contributed by atoms with Gasteiger partial charge in [-0.15, -0.1) is 0 Å². The van der Waals surface area contributed by atoms with Crippen molar-refractivity contribution in [3.8, 4) is 11.3 Å². The molecule has 0 spiro atoms. The molecule has 114 valence electrons. The number of carboxylic acid groups (broad SMARTS) is 2. The Morgan fingerprint density at radius 3 is 2.45 bits per heavy atom. The molecule has 0 radical (unpaired) electrons. The number of nitrogens with zero attached hydrogens (tertiary/aromatic N) is 3. The molecule has 0 aliphatic carbocycles. The van der Waals surface area contributed by atoms with E-state index < -0.39 is 12.1 Å². The van der Waals surface area contributed by atoms with Crippen LogP contribution >= 0.6 is 0 Å². The number of carbonyl (C=O) groups is 2. The first kappa shape index (κ1) is 15.2. The van der Waals surface area contributed by atoms with Crippen molar-refractivity contribution < 1.29 is 19.8 Å². The molecule has 1 amide bonds. The van der Waals surface area contributed by atoms with E-state index in [4.69, 9.17) is 10.2 Å². The van der Waals surface area contributed by atoms with E-state index in [0.717, 1.165) is 10.5 Å². The molecule has 3 N–H and O–H groups in total. The van der Waals surface area contributed by atoms with Crippen LogP contribution < -0.4 is 10.2 Å². The monoisotopic (exact) mass is 302 g/mol. The molecular weight excluding hydrogens is 288 g/mol. The van der Waals surface area contributed by atoms with Gasteiger partial charge in [0.1, 0.15) is 12.4 Å². The van der Waals surface area contributed by atoms with E-state index in [0.29, 0.717) is 5.69 Å². The van der Waals surface area contributed by atoms with Gasteiger partial charge in [0.25, 0.3) is 0 Å². The van der Waals surface area contributed by atoms with Crippen molar-refractivity contribution in [1.29, 1.82) is 0 Å². The lowest BCUT2D eigenvalue weighted by atomic mass is 10.1. The Morgan fingerprint density at radius 1 is 1.18 bits per heavy atom. The number of aliphatic carboxylic acids is 1. The summed E-state index contributed by atoms with van der Waals surface area (Å²) in [5.74, 6) is -0.853. The quantitative estimate of drug-likeness (QED) is 0.770. The minimum Gasteiger partial charge on any atom is -0.480 e. The summed E-state index contributed by atoms with van der Waals surface area (Å²) in [7, 11) is 1.31. The Bertz CT molecular complexity index is 690. The first-order valence-electron chi connectivity index (χ1n) is 6.34. The molecular formula is C14H14N4O4. The molecule has 0 saturated carbocycles.